The van der Waals surface area contributed by atoms with Crippen LogP contribution in [-0.4, -0.2) is 38.4 Å². The summed E-state index contributed by atoms with van der Waals surface area (Å²) in [7, 11) is 2.40. The maximum Gasteiger partial charge on any atom is 0.432 e. The average molecular weight is 442 g/mol. The van der Waals surface area contributed by atoms with E-state index < -0.39 is 41.2 Å². The fourth-order valence-corrected chi connectivity index (χ4v) is 4.62. The quantitative estimate of drug-likeness (QED) is 0.630. The molecule has 0 radical (unpaired) electrons. The molecule has 0 saturated carbocycles. The van der Waals surface area contributed by atoms with Crippen LogP contribution in [0.25, 0.3) is 6.08 Å². The standard InChI is InChI=1S/C23H17F3N2O4/c1-27-16-10-6-4-8-14(16)22(21(27)30)18(20(29)31-2)19(23(24,25)26)28-15-9-5-3-7-13(15)11-12-17(28)32-22/h3-12,17H,1-2H3/t17-,22-/m1/s1. The van der Waals surface area contributed by atoms with Gasteiger partial charge in [-0.1, -0.05) is 42.5 Å². The molecule has 0 bridgehead atoms. The smallest absolute Gasteiger partial charge is 0.432 e. The number of alkyl halides is 3. The van der Waals surface area contributed by atoms with Gasteiger partial charge < -0.3 is 19.3 Å². The SMILES string of the molecule is COC(=O)C1=C(C(F)(F)F)N2c3ccccc3C=C[C@H]2O[C@@]12C(=O)N(C)c1ccccc12. The lowest BCUT2D eigenvalue weighted by Gasteiger charge is -2.47. The molecule has 0 aliphatic carbocycles. The minimum Gasteiger partial charge on any atom is -0.466 e. The highest BCUT2D eigenvalue weighted by Crippen LogP contribution is 2.55. The third-order valence-electron chi connectivity index (χ3n) is 5.93. The molecule has 3 aliphatic heterocycles. The number of carbonyl (C=O) groups excluding carboxylic acids is 2. The summed E-state index contributed by atoms with van der Waals surface area (Å²) in [5, 5.41) is 0. The largest absolute Gasteiger partial charge is 0.466 e. The van der Waals surface area contributed by atoms with Crippen molar-refractivity contribution in [2.45, 2.75) is 18.0 Å². The number of fused-ring (bicyclic) bond motifs is 5. The highest BCUT2D eigenvalue weighted by Gasteiger charge is 2.65. The van der Waals surface area contributed by atoms with Gasteiger partial charge in [-0.2, -0.15) is 13.2 Å². The summed E-state index contributed by atoms with van der Waals surface area (Å²) in [6.45, 7) is 0. The van der Waals surface area contributed by atoms with Crippen LogP contribution in [0.15, 0.2) is 65.9 Å². The minimum absolute atomic E-state index is 0.154. The number of rotatable bonds is 1. The molecule has 0 N–H and O–H groups in total. The first-order valence-electron chi connectivity index (χ1n) is 9.74. The van der Waals surface area contributed by atoms with Gasteiger partial charge in [0.1, 0.15) is 11.3 Å². The summed E-state index contributed by atoms with van der Waals surface area (Å²) in [4.78, 5) is 28.6. The van der Waals surface area contributed by atoms with Crippen LogP contribution in [0, 0.1) is 0 Å². The molecule has 3 aliphatic rings. The fraction of sp³-hybridized carbons (Fsp3) is 0.217. The first-order chi connectivity index (χ1) is 15.2. The van der Waals surface area contributed by atoms with Gasteiger partial charge in [0.2, 0.25) is 5.60 Å². The summed E-state index contributed by atoms with van der Waals surface area (Å²) in [6.07, 6.45) is -3.19. The van der Waals surface area contributed by atoms with Crippen LogP contribution in [0.5, 0.6) is 0 Å². The van der Waals surface area contributed by atoms with Crippen LogP contribution in [-0.2, 0) is 24.7 Å². The van der Waals surface area contributed by atoms with Crippen LogP contribution in [0.4, 0.5) is 24.5 Å². The normalized spacial score (nSPS) is 23.9. The lowest BCUT2D eigenvalue weighted by atomic mass is 9.82. The van der Waals surface area contributed by atoms with Crippen molar-refractivity contribution < 1.29 is 32.2 Å². The van der Waals surface area contributed by atoms with E-state index in [1.165, 1.54) is 30.2 Å². The Morgan fingerprint density at radius 1 is 1.09 bits per heavy atom. The highest BCUT2D eigenvalue weighted by molar-refractivity contribution is 6.15. The average Bonchev–Trinajstić information content (AvgIpc) is 2.99. The molecule has 2 atom stereocenters. The number of carbonyl (C=O) groups is 2. The lowest BCUT2D eigenvalue weighted by Crippen LogP contribution is -2.58. The van der Waals surface area contributed by atoms with E-state index in [9.17, 15) is 22.8 Å². The van der Waals surface area contributed by atoms with Crippen molar-refractivity contribution >= 4 is 29.3 Å². The number of likely N-dealkylation sites (N-methyl/N-ethyl adjacent to an activating group) is 1. The van der Waals surface area contributed by atoms with Gasteiger partial charge in [-0.05, 0) is 23.8 Å². The van der Waals surface area contributed by atoms with Gasteiger partial charge in [0, 0.05) is 12.6 Å². The number of allylic oxidation sites excluding steroid dienone is 1. The number of amides is 1. The van der Waals surface area contributed by atoms with Gasteiger partial charge >= 0.3 is 12.1 Å². The summed E-state index contributed by atoms with van der Waals surface area (Å²) in [5.41, 5.74) is -3.25. The van der Waals surface area contributed by atoms with E-state index in [0.29, 0.717) is 11.3 Å². The topological polar surface area (TPSA) is 59.1 Å². The summed E-state index contributed by atoms with van der Waals surface area (Å²) >= 11 is 0. The maximum atomic E-state index is 14.7. The van der Waals surface area contributed by atoms with Crippen molar-refractivity contribution in [3.63, 3.8) is 0 Å². The van der Waals surface area contributed by atoms with Crippen molar-refractivity contribution in [1.82, 2.24) is 0 Å². The zero-order valence-electron chi connectivity index (χ0n) is 17.0. The second-order valence-corrected chi connectivity index (χ2v) is 7.57. The predicted octanol–water partition coefficient (Wildman–Crippen LogP) is 3.74. The number of hydrogen-bond donors (Lipinski definition) is 0. The lowest BCUT2D eigenvalue weighted by molar-refractivity contribution is -0.160. The van der Waals surface area contributed by atoms with Gasteiger partial charge in [-0.25, -0.2) is 4.79 Å². The van der Waals surface area contributed by atoms with E-state index in [0.717, 1.165) is 12.0 Å². The number of nitrogens with zero attached hydrogens (tertiary/aromatic N) is 2. The van der Waals surface area contributed by atoms with Crippen molar-refractivity contribution in [1.29, 1.82) is 0 Å². The first-order valence-corrected chi connectivity index (χ1v) is 9.74. The number of hydrogen-bond acceptors (Lipinski definition) is 5. The van der Waals surface area contributed by atoms with Gasteiger partial charge in [0.25, 0.3) is 5.91 Å². The molecule has 1 spiro atoms. The van der Waals surface area contributed by atoms with Gasteiger partial charge in [0.05, 0.1) is 18.5 Å². The third kappa shape index (κ3) is 2.51. The fourth-order valence-electron chi connectivity index (χ4n) is 4.62. The zero-order chi connectivity index (χ0) is 22.8. The molecule has 2 aromatic rings. The van der Waals surface area contributed by atoms with E-state index in [1.54, 1.807) is 42.5 Å². The maximum absolute atomic E-state index is 14.7. The second-order valence-electron chi connectivity index (χ2n) is 7.57. The van der Waals surface area contributed by atoms with Crippen molar-refractivity contribution in [2.24, 2.45) is 0 Å². The van der Waals surface area contributed by atoms with Crippen molar-refractivity contribution in [3.8, 4) is 0 Å². The summed E-state index contributed by atoms with van der Waals surface area (Å²) < 4.78 is 55.0. The number of esters is 1. The molecule has 0 saturated heterocycles. The molecule has 164 valence electrons. The van der Waals surface area contributed by atoms with E-state index in [1.807, 2.05) is 0 Å². The van der Waals surface area contributed by atoms with Crippen LogP contribution >= 0.6 is 0 Å². The molecule has 5 rings (SSSR count). The minimum atomic E-state index is -4.99. The highest BCUT2D eigenvalue weighted by atomic mass is 19.4. The molecule has 6 nitrogen and oxygen atoms in total. The van der Waals surface area contributed by atoms with Crippen molar-refractivity contribution in [3.05, 3.63) is 77.0 Å². The predicted molar refractivity (Wildman–Crippen MR) is 109 cm³/mol. The molecular formula is C23H17F3N2O4. The molecule has 32 heavy (non-hydrogen) atoms. The number of halogens is 3. The Morgan fingerprint density at radius 2 is 1.75 bits per heavy atom. The van der Waals surface area contributed by atoms with Crippen LogP contribution in [0.3, 0.4) is 0 Å². The third-order valence-corrected chi connectivity index (χ3v) is 5.93. The molecular weight excluding hydrogens is 425 g/mol. The Kier molecular flexibility index (Phi) is 4.26. The summed E-state index contributed by atoms with van der Waals surface area (Å²) in [6, 6.07) is 12.8. The van der Waals surface area contributed by atoms with E-state index in [-0.39, 0.29) is 11.3 Å². The van der Waals surface area contributed by atoms with E-state index in [2.05, 4.69) is 0 Å². The Bertz CT molecular complexity index is 1220. The Hall–Kier alpha value is -3.59. The molecule has 0 unspecified atom stereocenters. The van der Waals surface area contributed by atoms with Crippen LogP contribution in [0.1, 0.15) is 11.1 Å². The van der Waals surface area contributed by atoms with Gasteiger partial charge in [-0.15, -0.1) is 0 Å². The Labute approximate surface area is 181 Å². The molecule has 2 aromatic carbocycles. The Balaban J connectivity index is 1.91. The molecule has 9 heteroatoms. The first kappa shape index (κ1) is 20.3. The molecule has 3 heterocycles. The number of methoxy groups -OCH3 is 1. The van der Waals surface area contributed by atoms with Crippen LogP contribution in [0.2, 0.25) is 0 Å². The van der Waals surface area contributed by atoms with E-state index in [4.69, 9.17) is 9.47 Å². The molecule has 0 fully saturated rings. The summed E-state index contributed by atoms with van der Waals surface area (Å²) in [5.74, 6) is -2.09. The monoisotopic (exact) mass is 442 g/mol. The van der Waals surface area contributed by atoms with Crippen LogP contribution < -0.4 is 9.80 Å². The second kappa shape index (κ2) is 6.70. The number of benzene rings is 2. The molecule has 1 amide bonds. The number of anilines is 2. The van der Waals surface area contributed by atoms with Gasteiger partial charge in [-0.3, -0.25) is 4.79 Å². The van der Waals surface area contributed by atoms with Gasteiger partial charge in [0.15, 0.2) is 6.23 Å². The Morgan fingerprint density at radius 3 is 2.44 bits per heavy atom. The van der Waals surface area contributed by atoms with Crippen molar-refractivity contribution in [2.75, 3.05) is 24.0 Å². The number of ether oxygens (including phenoxy) is 2. The zero-order valence-corrected chi connectivity index (χ0v) is 17.0. The number of para-hydroxylation sites is 2. The molecule has 0 aromatic heterocycles. The van der Waals surface area contributed by atoms with E-state index >= 15 is 0 Å².